The number of fused-ring (bicyclic) bond motifs is 5. The van der Waals surface area contributed by atoms with Crippen molar-refractivity contribution in [3.05, 3.63) is 0 Å². The van der Waals surface area contributed by atoms with Crippen LogP contribution < -0.4 is 0 Å². The molecule has 5 saturated carbocycles. The fourth-order valence-corrected chi connectivity index (χ4v) is 12.1. The monoisotopic (exact) mass is 484 g/mol. The summed E-state index contributed by atoms with van der Waals surface area (Å²) in [4.78, 5) is 11.9. The molecule has 0 bridgehead atoms. The van der Waals surface area contributed by atoms with Crippen LogP contribution in [0.15, 0.2) is 0 Å². The predicted octanol–water partition coefficient (Wildman–Crippen LogP) is 7.95. The van der Waals surface area contributed by atoms with Gasteiger partial charge in [0.2, 0.25) is 0 Å². The number of carbonyl (C=O) groups is 1. The van der Waals surface area contributed by atoms with Crippen LogP contribution in [0.2, 0.25) is 0 Å². The topological polar surface area (TPSA) is 38.8 Å². The maximum Gasteiger partial charge on any atom is 0.302 e. The summed E-state index contributed by atoms with van der Waals surface area (Å²) in [5, 5.41) is 0. The van der Waals surface area contributed by atoms with Gasteiger partial charge in [-0.25, -0.2) is 0 Å². The summed E-state index contributed by atoms with van der Waals surface area (Å²) in [6.07, 6.45) is 13.3. The molecule has 5 aliphatic carbocycles. The first-order chi connectivity index (χ1) is 16.1. The zero-order valence-electron chi connectivity index (χ0n) is 24.2. The Labute approximate surface area is 214 Å². The molecule has 0 amide bonds. The summed E-state index contributed by atoms with van der Waals surface area (Å²) in [6.45, 7) is 22.0. The summed E-state index contributed by atoms with van der Waals surface area (Å²) in [5.41, 5.74) is 1.90. The average Bonchev–Trinajstić information content (AvgIpc) is 3.48. The van der Waals surface area contributed by atoms with Gasteiger partial charge in [-0.2, -0.15) is 0 Å². The maximum atomic E-state index is 11.9. The van der Waals surface area contributed by atoms with E-state index in [-0.39, 0.29) is 28.5 Å². The third-order valence-electron chi connectivity index (χ3n) is 14.3. The molecule has 1 heterocycles. The molecule has 0 radical (unpaired) electrons. The van der Waals surface area contributed by atoms with Gasteiger partial charge in [0.1, 0.15) is 11.7 Å². The van der Waals surface area contributed by atoms with Crippen molar-refractivity contribution in [1.82, 2.24) is 0 Å². The first-order valence-corrected chi connectivity index (χ1v) is 14.9. The highest BCUT2D eigenvalue weighted by atomic mass is 16.6. The summed E-state index contributed by atoms with van der Waals surface area (Å²) >= 11 is 0. The first-order valence-electron chi connectivity index (χ1n) is 14.9. The van der Waals surface area contributed by atoms with Crippen molar-refractivity contribution in [3.8, 4) is 0 Å². The van der Waals surface area contributed by atoms with Crippen molar-refractivity contribution in [1.29, 1.82) is 0 Å². The smallest absolute Gasteiger partial charge is 0.302 e. The van der Waals surface area contributed by atoms with E-state index in [9.17, 15) is 4.79 Å². The highest BCUT2D eigenvalue weighted by Gasteiger charge is 2.84. The Morgan fingerprint density at radius 2 is 1.49 bits per heavy atom. The van der Waals surface area contributed by atoms with Crippen molar-refractivity contribution in [2.45, 2.75) is 144 Å². The van der Waals surface area contributed by atoms with Gasteiger partial charge in [0, 0.05) is 17.8 Å². The number of hydrogen-bond donors (Lipinski definition) is 0. The molecule has 3 nitrogen and oxygen atoms in total. The molecule has 0 aromatic carbocycles. The fourth-order valence-electron chi connectivity index (χ4n) is 12.1. The SMILES string of the molecule is CC(=O)O[C@H]1CC[C@]2(C)[C@H]3C[C@H]4O[C@]45[C@@H]4CC(C)(C)CC[C@]4(C)CC[C@@]5(C)[C@]3(C)CC[C@H]2C1(C)C. The third-order valence-corrected chi connectivity index (χ3v) is 14.3. The van der Waals surface area contributed by atoms with Gasteiger partial charge in [-0.15, -0.1) is 0 Å². The first kappa shape index (κ1) is 24.7. The molecule has 198 valence electrons. The second kappa shape index (κ2) is 6.89. The normalized spacial score (nSPS) is 57.5. The van der Waals surface area contributed by atoms with E-state index in [1.807, 2.05) is 0 Å². The Morgan fingerprint density at radius 3 is 2.17 bits per heavy atom. The van der Waals surface area contributed by atoms with Crippen LogP contribution in [-0.4, -0.2) is 23.8 Å². The molecular weight excluding hydrogens is 432 g/mol. The lowest BCUT2D eigenvalue weighted by Crippen LogP contribution is -2.70. The minimum Gasteiger partial charge on any atom is -0.462 e. The number of esters is 1. The van der Waals surface area contributed by atoms with Gasteiger partial charge in [-0.3, -0.25) is 4.79 Å². The Bertz CT molecular complexity index is 937. The standard InChI is InChI=1S/C32H52O3/c1-20(33)34-24-11-12-29(7)21(27(24,4)5)10-13-30(8)22(29)18-25-32(35-25)23-19-26(2,3)14-15-28(23,6)16-17-31(30,32)9/h21-25H,10-19H2,1-9H3/t21-,22+,23+,24-,25+,28+,29-,30+,31-,32+/m0/s1. The Hall–Kier alpha value is -0.570. The zero-order chi connectivity index (χ0) is 25.4. The van der Waals surface area contributed by atoms with Gasteiger partial charge < -0.3 is 9.47 Å². The van der Waals surface area contributed by atoms with Crippen LogP contribution in [-0.2, 0) is 14.3 Å². The Morgan fingerprint density at radius 1 is 0.800 bits per heavy atom. The number of carbonyl (C=O) groups excluding carboxylic acids is 1. The molecule has 6 aliphatic rings. The minimum atomic E-state index is -0.116. The van der Waals surface area contributed by atoms with Crippen molar-refractivity contribution in [3.63, 3.8) is 0 Å². The molecule has 6 rings (SSSR count). The average molecular weight is 485 g/mol. The van der Waals surface area contributed by atoms with Crippen LogP contribution in [0.5, 0.6) is 0 Å². The van der Waals surface area contributed by atoms with Crippen LogP contribution in [0.25, 0.3) is 0 Å². The number of epoxide rings is 1. The third kappa shape index (κ3) is 2.86. The minimum absolute atomic E-state index is 0.0262. The molecule has 0 aromatic rings. The Kier molecular flexibility index (Phi) is 4.87. The van der Waals surface area contributed by atoms with E-state index in [1.165, 1.54) is 57.8 Å². The van der Waals surface area contributed by atoms with Gasteiger partial charge in [-0.1, -0.05) is 55.4 Å². The number of hydrogen-bond acceptors (Lipinski definition) is 3. The zero-order valence-corrected chi connectivity index (χ0v) is 24.2. The Balaban J connectivity index is 1.38. The van der Waals surface area contributed by atoms with Crippen LogP contribution in [0.4, 0.5) is 0 Å². The second-order valence-corrected chi connectivity index (χ2v) is 16.6. The molecule has 6 fully saturated rings. The van der Waals surface area contributed by atoms with Crippen molar-refractivity contribution < 1.29 is 14.3 Å². The molecule has 35 heavy (non-hydrogen) atoms. The molecule has 0 aromatic heterocycles. The predicted molar refractivity (Wildman–Crippen MR) is 140 cm³/mol. The van der Waals surface area contributed by atoms with Gasteiger partial charge in [0.15, 0.2) is 0 Å². The molecular formula is C32H52O3. The van der Waals surface area contributed by atoms with Crippen LogP contribution in [0, 0.1) is 50.2 Å². The van der Waals surface area contributed by atoms with Gasteiger partial charge in [-0.05, 0) is 104 Å². The molecule has 0 unspecified atom stereocenters. The second-order valence-electron chi connectivity index (χ2n) is 16.6. The number of rotatable bonds is 1. The molecule has 1 spiro atoms. The quantitative estimate of drug-likeness (QED) is 0.280. The van der Waals surface area contributed by atoms with E-state index in [4.69, 9.17) is 9.47 Å². The van der Waals surface area contributed by atoms with E-state index in [0.717, 1.165) is 6.42 Å². The van der Waals surface area contributed by atoms with Crippen molar-refractivity contribution in [2.75, 3.05) is 0 Å². The largest absolute Gasteiger partial charge is 0.462 e. The van der Waals surface area contributed by atoms with Crippen molar-refractivity contribution in [2.24, 2.45) is 50.2 Å². The van der Waals surface area contributed by atoms with E-state index < -0.39 is 0 Å². The number of ether oxygens (including phenoxy) is 2. The maximum absolute atomic E-state index is 11.9. The lowest BCUT2D eigenvalue weighted by molar-refractivity contribution is -0.245. The van der Waals surface area contributed by atoms with E-state index >= 15 is 0 Å². The van der Waals surface area contributed by atoms with Crippen LogP contribution in [0.3, 0.4) is 0 Å². The van der Waals surface area contributed by atoms with Crippen molar-refractivity contribution >= 4 is 5.97 Å². The van der Waals surface area contributed by atoms with Gasteiger partial charge in [0.25, 0.3) is 0 Å². The van der Waals surface area contributed by atoms with Crippen LogP contribution in [0.1, 0.15) is 127 Å². The van der Waals surface area contributed by atoms with Gasteiger partial charge in [0.05, 0.1) is 6.10 Å². The van der Waals surface area contributed by atoms with Crippen LogP contribution >= 0.6 is 0 Å². The summed E-state index contributed by atoms with van der Waals surface area (Å²) in [6, 6.07) is 0. The van der Waals surface area contributed by atoms with E-state index in [2.05, 4.69) is 55.4 Å². The molecule has 0 N–H and O–H groups in total. The molecule has 1 aliphatic heterocycles. The highest BCUT2D eigenvalue weighted by molar-refractivity contribution is 5.66. The molecule has 3 heteroatoms. The van der Waals surface area contributed by atoms with E-state index in [0.29, 0.717) is 45.5 Å². The summed E-state index contributed by atoms with van der Waals surface area (Å²) < 4.78 is 13.1. The summed E-state index contributed by atoms with van der Waals surface area (Å²) in [7, 11) is 0. The fraction of sp³-hybridized carbons (Fsp3) is 0.969. The molecule has 10 atom stereocenters. The molecule has 1 saturated heterocycles. The highest BCUT2D eigenvalue weighted by Crippen LogP contribution is 2.83. The van der Waals surface area contributed by atoms with E-state index in [1.54, 1.807) is 6.92 Å². The van der Waals surface area contributed by atoms with Gasteiger partial charge >= 0.3 is 5.97 Å². The lowest BCUT2D eigenvalue weighted by Gasteiger charge is -2.72. The summed E-state index contributed by atoms with van der Waals surface area (Å²) in [5.74, 6) is 1.89. The lowest BCUT2D eigenvalue weighted by atomic mass is 9.31.